The van der Waals surface area contributed by atoms with Gasteiger partial charge in [-0.05, 0) is 43.3 Å². The minimum absolute atomic E-state index is 0. The Morgan fingerprint density at radius 2 is 1.72 bits per heavy atom. The number of carbonyl (C=O) groups excluding carboxylic acids is 2. The summed E-state index contributed by atoms with van der Waals surface area (Å²) < 4.78 is 16.0. The number of nitrogens with two attached hydrogens (primary N) is 1. The average Bonchev–Trinajstić information content (AvgIpc) is 2.72. The first kappa shape index (κ1) is 24.1. The number of methoxy groups -OCH3 is 2. The molecule has 0 fully saturated rings. The van der Waals surface area contributed by atoms with E-state index in [0.717, 1.165) is 0 Å². The average molecular weight is 424 g/mol. The van der Waals surface area contributed by atoms with Crippen molar-refractivity contribution in [2.24, 2.45) is 5.73 Å². The van der Waals surface area contributed by atoms with Gasteiger partial charge in [0.2, 0.25) is 0 Å². The molecule has 0 heterocycles. The van der Waals surface area contributed by atoms with Crippen LogP contribution in [0.4, 0.5) is 5.69 Å². The molecule has 0 saturated heterocycles. The van der Waals surface area contributed by atoms with E-state index in [4.69, 9.17) is 19.9 Å². The van der Waals surface area contributed by atoms with Gasteiger partial charge in [0.05, 0.1) is 19.9 Å². The van der Waals surface area contributed by atoms with Gasteiger partial charge in [-0.25, -0.2) is 0 Å². The number of rotatable bonds is 10. The lowest BCUT2D eigenvalue weighted by Gasteiger charge is -2.13. The van der Waals surface area contributed by atoms with Crippen LogP contribution in [0.3, 0.4) is 0 Å². The molecule has 29 heavy (non-hydrogen) atoms. The van der Waals surface area contributed by atoms with Gasteiger partial charge in [0.1, 0.15) is 5.75 Å². The summed E-state index contributed by atoms with van der Waals surface area (Å²) in [6.07, 6.45) is 0.700. The van der Waals surface area contributed by atoms with Crippen molar-refractivity contribution >= 4 is 29.9 Å². The van der Waals surface area contributed by atoms with E-state index in [0.29, 0.717) is 48.0 Å². The van der Waals surface area contributed by atoms with E-state index in [9.17, 15) is 9.59 Å². The first-order valence-electron chi connectivity index (χ1n) is 8.81. The Kier molecular flexibility index (Phi) is 10.4. The topological polar surface area (TPSA) is 112 Å². The van der Waals surface area contributed by atoms with E-state index in [1.165, 1.54) is 14.2 Å². The summed E-state index contributed by atoms with van der Waals surface area (Å²) in [6, 6.07) is 11.8. The molecule has 0 aromatic heterocycles. The predicted molar refractivity (Wildman–Crippen MR) is 113 cm³/mol. The van der Waals surface area contributed by atoms with E-state index >= 15 is 0 Å². The number of para-hydroxylation sites is 2. The molecule has 0 aliphatic carbocycles. The van der Waals surface area contributed by atoms with E-state index < -0.39 is 0 Å². The van der Waals surface area contributed by atoms with Crippen LogP contribution in [-0.2, 0) is 4.79 Å². The second-order valence-corrected chi connectivity index (χ2v) is 5.80. The van der Waals surface area contributed by atoms with Gasteiger partial charge in [0.15, 0.2) is 18.1 Å². The van der Waals surface area contributed by atoms with Gasteiger partial charge in [-0.2, -0.15) is 0 Å². The summed E-state index contributed by atoms with van der Waals surface area (Å²) in [5.74, 6) is 0.688. The molecule has 0 spiro atoms. The molecule has 2 rings (SSSR count). The third kappa shape index (κ3) is 7.17. The van der Waals surface area contributed by atoms with E-state index in [2.05, 4.69) is 10.6 Å². The highest BCUT2D eigenvalue weighted by Gasteiger charge is 2.13. The van der Waals surface area contributed by atoms with Crippen LogP contribution in [0.5, 0.6) is 17.2 Å². The minimum Gasteiger partial charge on any atom is -0.495 e. The van der Waals surface area contributed by atoms with Crippen LogP contribution < -0.4 is 30.6 Å². The molecule has 8 nitrogen and oxygen atoms in total. The number of hydrogen-bond acceptors (Lipinski definition) is 6. The van der Waals surface area contributed by atoms with Gasteiger partial charge in [0.25, 0.3) is 11.8 Å². The molecule has 2 amide bonds. The number of nitrogens with one attached hydrogen (secondary N) is 2. The zero-order chi connectivity index (χ0) is 20.4. The summed E-state index contributed by atoms with van der Waals surface area (Å²) in [5.41, 5.74) is 6.40. The molecule has 0 bridgehead atoms. The first-order chi connectivity index (χ1) is 13.6. The van der Waals surface area contributed by atoms with Gasteiger partial charge in [-0.15, -0.1) is 12.4 Å². The highest BCUT2D eigenvalue weighted by Crippen LogP contribution is 2.28. The van der Waals surface area contributed by atoms with Crippen molar-refractivity contribution < 1.29 is 23.8 Å². The second-order valence-electron chi connectivity index (χ2n) is 5.80. The summed E-state index contributed by atoms with van der Waals surface area (Å²) in [6.45, 7) is 0.781. The van der Waals surface area contributed by atoms with Crippen molar-refractivity contribution in [3.05, 3.63) is 48.0 Å². The molecule has 158 valence electrons. The molecule has 2 aromatic rings. The van der Waals surface area contributed by atoms with Gasteiger partial charge in [-0.1, -0.05) is 12.1 Å². The van der Waals surface area contributed by atoms with Gasteiger partial charge < -0.3 is 30.6 Å². The molecule has 0 radical (unpaired) electrons. The van der Waals surface area contributed by atoms with Gasteiger partial charge in [-0.3, -0.25) is 9.59 Å². The zero-order valence-corrected chi connectivity index (χ0v) is 17.2. The summed E-state index contributed by atoms with van der Waals surface area (Å²) in [5, 5.41) is 5.49. The quantitative estimate of drug-likeness (QED) is 0.505. The highest BCUT2D eigenvalue weighted by atomic mass is 35.5. The molecule has 0 aliphatic rings. The number of benzene rings is 2. The number of hydrogen-bond donors (Lipinski definition) is 3. The minimum atomic E-state index is -0.352. The highest BCUT2D eigenvalue weighted by molar-refractivity contribution is 5.95. The monoisotopic (exact) mass is 423 g/mol. The number of amides is 2. The Morgan fingerprint density at radius 3 is 2.41 bits per heavy atom. The van der Waals surface area contributed by atoms with Crippen LogP contribution in [-0.4, -0.2) is 45.7 Å². The molecule has 2 aromatic carbocycles. The number of halogens is 1. The SMILES string of the molecule is COc1ccccc1NC(=O)COc1ccc(C(=O)NCCCN)cc1OC.Cl. The smallest absolute Gasteiger partial charge is 0.262 e. The number of carbonyl (C=O) groups is 2. The van der Waals surface area contributed by atoms with Crippen molar-refractivity contribution in [2.75, 3.05) is 39.2 Å². The Balaban J connectivity index is 0.00000420. The maximum Gasteiger partial charge on any atom is 0.262 e. The lowest BCUT2D eigenvalue weighted by Crippen LogP contribution is -2.26. The lowest BCUT2D eigenvalue weighted by molar-refractivity contribution is -0.118. The fourth-order valence-corrected chi connectivity index (χ4v) is 2.41. The summed E-state index contributed by atoms with van der Waals surface area (Å²) >= 11 is 0. The summed E-state index contributed by atoms with van der Waals surface area (Å²) in [7, 11) is 2.99. The van der Waals surface area contributed by atoms with Crippen molar-refractivity contribution in [1.82, 2.24) is 5.32 Å². The molecule has 0 aliphatic heterocycles. The maximum absolute atomic E-state index is 12.2. The lowest BCUT2D eigenvalue weighted by atomic mass is 10.2. The van der Waals surface area contributed by atoms with Crippen LogP contribution in [0.15, 0.2) is 42.5 Å². The largest absolute Gasteiger partial charge is 0.495 e. The van der Waals surface area contributed by atoms with Crippen LogP contribution in [0.25, 0.3) is 0 Å². The van der Waals surface area contributed by atoms with Gasteiger partial charge in [0, 0.05) is 12.1 Å². The molecule has 4 N–H and O–H groups in total. The normalized spacial score (nSPS) is 9.76. The summed E-state index contributed by atoms with van der Waals surface area (Å²) in [4.78, 5) is 24.3. The Labute approximate surface area is 176 Å². The van der Waals surface area contributed by atoms with E-state index in [1.54, 1.807) is 36.4 Å². The van der Waals surface area contributed by atoms with Crippen molar-refractivity contribution in [2.45, 2.75) is 6.42 Å². The fraction of sp³-hybridized carbons (Fsp3) is 0.300. The molecular formula is C20H26ClN3O5. The van der Waals surface area contributed by atoms with Crippen molar-refractivity contribution in [1.29, 1.82) is 0 Å². The Hall–Kier alpha value is -2.97. The number of anilines is 1. The van der Waals surface area contributed by atoms with E-state index in [-0.39, 0.29) is 30.8 Å². The van der Waals surface area contributed by atoms with Crippen LogP contribution in [0, 0.1) is 0 Å². The molecular weight excluding hydrogens is 398 g/mol. The Morgan fingerprint density at radius 1 is 1.00 bits per heavy atom. The van der Waals surface area contributed by atoms with Crippen LogP contribution in [0.1, 0.15) is 16.8 Å². The van der Waals surface area contributed by atoms with Crippen LogP contribution >= 0.6 is 12.4 Å². The molecule has 0 saturated carbocycles. The van der Waals surface area contributed by atoms with Crippen LogP contribution in [0.2, 0.25) is 0 Å². The second kappa shape index (κ2) is 12.5. The maximum atomic E-state index is 12.2. The van der Waals surface area contributed by atoms with E-state index in [1.807, 2.05) is 6.07 Å². The standard InChI is InChI=1S/C20H25N3O5.ClH/c1-26-16-7-4-3-6-15(16)23-19(24)13-28-17-9-8-14(12-18(17)27-2)20(25)22-11-5-10-21;/h3-4,6-9,12H,5,10-11,13,21H2,1-2H3,(H,22,25)(H,23,24);1H. The fourth-order valence-electron chi connectivity index (χ4n) is 2.41. The van der Waals surface area contributed by atoms with Crippen molar-refractivity contribution in [3.63, 3.8) is 0 Å². The molecule has 9 heteroatoms. The third-order valence-corrected chi connectivity index (χ3v) is 3.83. The van der Waals surface area contributed by atoms with Gasteiger partial charge >= 0.3 is 0 Å². The third-order valence-electron chi connectivity index (χ3n) is 3.83. The predicted octanol–water partition coefficient (Wildman–Crippen LogP) is 2.22. The number of ether oxygens (including phenoxy) is 3. The zero-order valence-electron chi connectivity index (χ0n) is 16.4. The first-order valence-corrected chi connectivity index (χ1v) is 8.81. The molecule has 0 atom stereocenters. The van der Waals surface area contributed by atoms with Crippen molar-refractivity contribution in [3.8, 4) is 17.2 Å². The molecule has 0 unspecified atom stereocenters. The Bertz CT molecular complexity index is 816.